The molecule has 1 aromatic carbocycles. The van der Waals surface area contributed by atoms with E-state index < -0.39 is 0 Å². The van der Waals surface area contributed by atoms with Gasteiger partial charge >= 0.3 is 0 Å². The average Bonchev–Trinajstić information content (AvgIpc) is 3.35. The number of hydrogen-bond acceptors (Lipinski definition) is 4. The Morgan fingerprint density at radius 2 is 1.92 bits per heavy atom. The maximum atomic E-state index is 11.0. The lowest BCUT2D eigenvalue weighted by molar-refractivity contribution is -0.154. The van der Waals surface area contributed by atoms with Crippen molar-refractivity contribution < 1.29 is 5.21 Å². The molecule has 1 fully saturated rings. The first-order valence-electron chi connectivity index (χ1n) is 9.45. The molecule has 1 N–H and O–H groups in total. The van der Waals surface area contributed by atoms with Crippen LogP contribution >= 0.6 is 22.7 Å². The molecule has 0 bridgehead atoms. The van der Waals surface area contributed by atoms with Crippen LogP contribution in [0.5, 0.6) is 0 Å². The quantitative estimate of drug-likeness (QED) is 0.484. The molecule has 4 heteroatoms. The molecule has 2 heterocycles. The minimum atomic E-state index is 0.0235. The molecule has 1 aliphatic rings. The normalized spacial score (nSPS) is 17.5. The molecule has 0 radical (unpaired) electrons. The van der Waals surface area contributed by atoms with Gasteiger partial charge in [-0.15, -0.1) is 22.7 Å². The predicted octanol–water partition coefficient (Wildman–Crippen LogP) is 6.61. The van der Waals surface area contributed by atoms with Gasteiger partial charge in [0.25, 0.3) is 0 Å². The molecule has 136 valence electrons. The third-order valence-corrected chi connectivity index (χ3v) is 7.17. The molecule has 26 heavy (non-hydrogen) atoms. The highest BCUT2D eigenvalue weighted by Gasteiger charge is 2.25. The number of benzene rings is 1. The summed E-state index contributed by atoms with van der Waals surface area (Å²) in [5.41, 5.74) is 1.25. The minimum absolute atomic E-state index is 0.0235. The monoisotopic (exact) mass is 383 g/mol. The van der Waals surface area contributed by atoms with E-state index in [1.54, 1.807) is 27.7 Å². The molecule has 1 unspecified atom stereocenters. The summed E-state index contributed by atoms with van der Waals surface area (Å²) in [7, 11) is 0. The van der Waals surface area contributed by atoms with Crippen LogP contribution in [-0.2, 0) is 6.42 Å². The third-order valence-electron chi connectivity index (χ3n) is 5.29. The molecular formula is C22H25NOS2. The summed E-state index contributed by atoms with van der Waals surface area (Å²) in [5.74, 6) is 0. The summed E-state index contributed by atoms with van der Waals surface area (Å²) in [6.07, 6.45) is 11.2. The maximum absolute atomic E-state index is 11.0. The van der Waals surface area contributed by atoms with Crippen molar-refractivity contribution in [1.82, 2.24) is 5.06 Å². The van der Waals surface area contributed by atoms with Crippen LogP contribution in [0.2, 0.25) is 0 Å². The van der Waals surface area contributed by atoms with E-state index in [0.29, 0.717) is 0 Å². The van der Waals surface area contributed by atoms with E-state index >= 15 is 0 Å². The van der Waals surface area contributed by atoms with E-state index in [1.165, 1.54) is 39.8 Å². The fourth-order valence-electron chi connectivity index (χ4n) is 3.84. The van der Waals surface area contributed by atoms with E-state index in [2.05, 4.69) is 59.3 Å². The van der Waals surface area contributed by atoms with Crippen molar-refractivity contribution in [2.75, 3.05) is 0 Å². The summed E-state index contributed by atoms with van der Waals surface area (Å²) in [4.78, 5) is 1.32. The van der Waals surface area contributed by atoms with Crippen LogP contribution in [0.3, 0.4) is 0 Å². The first-order chi connectivity index (χ1) is 12.8. The van der Waals surface area contributed by atoms with E-state index in [4.69, 9.17) is 0 Å². The fraction of sp³-hybridized carbons (Fsp3) is 0.364. The van der Waals surface area contributed by atoms with Gasteiger partial charge in [0, 0.05) is 22.0 Å². The molecule has 1 atom stereocenters. The highest BCUT2D eigenvalue weighted by atomic mass is 32.1. The SMILES string of the molecule is ON(C(C=Cc1csc2ccccc12)Cc1cccs1)C1CCCCC1. The van der Waals surface area contributed by atoms with Gasteiger partial charge in [0.2, 0.25) is 0 Å². The average molecular weight is 384 g/mol. The Labute approximate surface area is 163 Å². The van der Waals surface area contributed by atoms with Gasteiger partial charge in [0.15, 0.2) is 0 Å². The molecular weight excluding hydrogens is 358 g/mol. The van der Waals surface area contributed by atoms with Gasteiger partial charge in [0.1, 0.15) is 0 Å². The molecule has 4 rings (SSSR count). The zero-order valence-corrected chi connectivity index (χ0v) is 16.5. The van der Waals surface area contributed by atoms with Crippen molar-refractivity contribution in [3.63, 3.8) is 0 Å². The lowest BCUT2D eigenvalue weighted by Gasteiger charge is -2.33. The Morgan fingerprint density at radius 1 is 1.08 bits per heavy atom. The van der Waals surface area contributed by atoms with Crippen LogP contribution in [0, 0.1) is 0 Å². The summed E-state index contributed by atoms with van der Waals surface area (Å²) in [5, 5.41) is 18.2. The van der Waals surface area contributed by atoms with Gasteiger partial charge in [-0.05, 0) is 46.7 Å². The number of hydroxylamine groups is 2. The van der Waals surface area contributed by atoms with Crippen molar-refractivity contribution in [2.24, 2.45) is 0 Å². The number of thiophene rings is 2. The molecule has 1 saturated carbocycles. The highest BCUT2D eigenvalue weighted by Crippen LogP contribution is 2.28. The van der Waals surface area contributed by atoms with E-state index in [0.717, 1.165) is 19.3 Å². The number of nitrogens with zero attached hydrogens (tertiary/aromatic N) is 1. The molecule has 1 aliphatic carbocycles. The summed E-state index contributed by atoms with van der Waals surface area (Å²) < 4.78 is 1.31. The fourth-order valence-corrected chi connectivity index (χ4v) is 5.53. The minimum Gasteiger partial charge on any atom is -0.313 e. The van der Waals surface area contributed by atoms with Crippen LogP contribution in [-0.4, -0.2) is 22.4 Å². The van der Waals surface area contributed by atoms with Gasteiger partial charge in [0.05, 0.1) is 6.04 Å². The van der Waals surface area contributed by atoms with Gasteiger partial charge < -0.3 is 5.21 Å². The zero-order chi connectivity index (χ0) is 17.8. The van der Waals surface area contributed by atoms with Crippen molar-refractivity contribution >= 4 is 38.8 Å². The van der Waals surface area contributed by atoms with Crippen molar-refractivity contribution in [2.45, 2.75) is 50.6 Å². The second kappa shape index (κ2) is 8.49. The summed E-state index contributed by atoms with van der Waals surface area (Å²) >= 11 is 3.55. The van der Waals surface area contributed by atoms with Crippen LogP contribution in [0.15, 0.2) is 53.2 Å². The van der Waals surface area contributed by atoms with Crippen molar-refractivity contribution in [3.05, 3.63) is 63.7 Å². The number of fused-ring (bicyclic) bond motifs is 1. The Balaban J connectivity index is 1.57. The number of rotatable bonds is 6. The van der Waals surface area contributed by atoms with Crippen molar-refractivity contribution in [1.29, 1.82) is 0 Å². The smallest absolute Gasteiger partial charge is 0.0584 e. The first-order valence-corrected chi connectivity index (χ1v) is 11.2. The summed E-state index contributed by atoms with van der Waals surface area (Å²) in [6.45, 7) is 0. The molecule has 3 aromatic rings. The Morgan fingerprint density at radius 3 is 2.73 bits per heavy atom. The van der Waals surface area contributed by atoms with Gasteiger partial charge in [-0.1, -0.05) is 55.7 Å². The Hall–Kier alpha value is -1.46. The third kappa shape index (κ3) is 4.09. The van der Waals surface area contributed by atoms with Gasteiger partial charge in [-0.2, -0.15) is 5.06 Å². The van der Waals surface area contributed by atoms with E-state index in [9.17, 15) is 5.21 Å². The van der Waals surface area contributed by atoms with Gasteiger partial charge in [-0.25, -0.2) is 0 Å². The highest BCUT2D eigenvalue weighted by molar-refractivity contribution is 7.17. The second-order valence-corrected chi connectivity index (χ2v) is 9.01. The predicted molar refractivity (Wildman–Crippen MR) is 113 cm³/mol. The summed E-state index contributed by atoms with van der Waals surface area (Å²) in [6, 6.07) is 13.1. The first kappa shape index (κ1) is 17.9. The molecule has 0 amide bonds. The zero-order valence-electron chi connectivity index (χ0n) is 14.9. The Kier molecular flexibility index (Phi) is 5.85. The Bertz CT molecular complexity index is 846. The van der Waals surface area contributed by atoms with Crippen LogP contribution in [0.4, 0.5) is 0 Å². The molecule has 0 aliphatic heterocycles. The second-order valence-electron chi connectivity index (χ2n) is 7.07. The lowest BCUT2D eigenvalue weighted by Crippen LogP contribution is -2.41. The van der Waals surface area contributed by atoms with E-state index in [1.807, 2.05) is 0 Å². The number of hydrogen-bond donors (Lipinski definition) is 1. The van der Waals surface area contributed by atoms with Crippen LogP contribution in [0.1, 0.15) is 42.5 Å². The van der Waals surface area contributed by atoms with E-state index in [-0.39, 0.29) is 12.1 Å². The van der Waals surface area contributed by atoms with Crippen LogP contribution < -0.4 is 0 Å². The molecule has 0 spiro atoms. The van der Waals surface area contributed by atoms with Crippen molar-refractivity contribution in [3.8, 4) is 0 Å². The standard InChI is InChI=1S/C22H25NOS2/c24-23(18-7-2-1-3-8-18)19(15-20-9-6-14-25-20)13-12-17-16-26-22-11-5-4-10-21(17)22/h4-6,9-14,16,18-19,24H,1-3,7-8,15H2. The van der Waals surface area contributed by atoms with Crippen LogP contribution in [0.25, 0.3) is 16.2 Å². The lowest BCUT2D eigenvalue weighted by atomic mass is 9.94. The molecule has 2 aromatic heterocycles. The molecule has 0 saturated heterocycles. The largest absolute Gasteiger partial charge is 0.313 e. The topological polar surface area (TPSA) is 23.5 Å². The molecule has 2 nitrogen and oxygen atoms in total. The van der Waals surface area contributed by atoms with Gasteiger partial charge in [-0.3, -0.25) is 0 Å². The maximum Gasteiger partial charge on any atom is 0.0584 e.